The van der Waals surface area contributed by atoms with Gasteiger partial charge in [-0.2, -0.15) is 5.26 Å². The first-order valence-corrected chi connectivity index (χ1v) is 7.34. The van der Waals surface area contributed by atoms with Gasteiger partial charge >= 0.3 is 0 Å². The number of aliphatic hydroxyl groups is 1. The zero-order valence-corrected chi connectivity index (χ0v) is 12.4. The summed E-state index contributed by atoms with van der Waals surface area (Å²) in [7, 11) is 0. The Morgan fingerprint density at radius 3 is 2.84 bits per heavy atom. The third-order valence-corrected chi connectivity index (χ3v) is 5.16. The number of halogens is 1. The van der Waals surface area contributed by atoms with Crippen molar-refractivity contribution in [2.24, 2.45) is 5.41 Å². The summed E-state index contributed by atoms with van der Waals surface area (Å²) < 4.78 is 6.73. The lowest BCUT2D eigenvalue weighted by Gasteiger charge is -2.41. The van der Waals surface area contributed by atoms with Gasteiger partial charge in [0.05, 0.1) is 18.3 Å². The van der Waals surface area contributed by atoms with Crippen LogP contribution in [-0.2, 0) is 10.3 Å². The van der Waals surface area contributed by atoms with Crippen molar-refractivity contribution in [1.82, 2.24) is 0 Å². The van der Waals surface area contributed by atoms with E-state index in [4.69, 9.17) is 4.74 Å². The first-order chi connectivity index (χ1) is 8.99. The Morgan fingerprint density at radius 1 is 1.53 bits per heavy atom. The van der Waals surface area contributed by atoms with Crippen LogP contribution in [0, 0.1) is 16.7 Å². The fraction of sp³-hybridized carbons (Fsp3) is 0.533. The van der Waals surface area contributed by atoms with E-state index < -0.39 is 11.0 Å². The van der Waals surface area contributed by atoms with Crippen LogP contribution in [0.3, 0.4) is 0 Å². The second-order valence-electron chi connectivity index (χ2n) is 5.69. The smallest absolute Gasteiger partial charge is 0.118 e. The number of hydrogen-bond donors (Lipinski definition) is 1. The third kappa shape index (κ3) is 1.76. The maximum Gasteiger partial charge on any atom is 0.118 e. The molecule has 3 nitrogen and oxygen atoms in total. The minimum atomic E-state index is -1.20. The maximum absolute atomic E-state index is 11.1. The molecule has 3 rings (SSSR count). The molecule has 1 N–H and O–H groups in total. The largest absolute Gasteiger partial charge is 0.384 e. The first kappa shape index (κ1) is 13.1. The van der Waals surface area contributed by atoms with Gasteiger partial charge in [-0.15, -0.1) is 0 Å². The molecule has 0 aliphatic carbocycles. The van der Waals surface area contributed by atoms with Crippen molar-refractivity contribution in [3.05, 3.63) is 34.3 Å². The molecule has 19 heavy (non-hydrogen) atoms. The molecule has 100 valence electrons. The van der Waals surface area contributed by atoms with Gasteiger partial charge in [-0.1, -0.05) is 28.1 Å². The van der Waals surface area contributed by atoms with Crippen molar-refractivity contribution >= 4 is 15.9 Å². The minimum Gasteiger partial charge on any atom is -0.384 e. The molecule has 2 aliphatic rings. The van der Waals surface area contributed by atoms with Crippen LogP contribution < -0.4 is 0 Å². The average molecular weight is 322 g/mol. The fourth-order valence-corrected chi connectivity index (χ4v) is 3.90. The van der Waals surface area contributed by atoms with Crippen LogP contribution in [-0.4, -0.2) is 17.3 Å². The van der Waals surface area contributed by atoms with E-state index in [9.17, 15) is 10.4 Å². The second-order valence-corrected chi connectivity index (χ2v) is 6.61. The Kier molecular flexibility index (Phi) is 2.97. The molecular formula is C15H16BrNO2. The number of benzene rings is 1. The normalized spacial score (nSPS) is 35.9. The van der Waals surface area contributed by atoms with Crippen molar-refractivity contribution in [2.75, 3.05) is 0 Å². The fourth-order valence-electron chi connectivity index (χ4n) is 3.50. The molecule has 2 fully saturated rings. The molecule has 2 bridgehead atoms. The lowest BCUT2D eigenvalue weighted by Crippen LogP contribution is -2.49. The molecule has 2 aliphatic heterocycles. The number of nitriles is 1. The Balaban J connectivity index is 2.06. The van der Waals surface area contributed by atoms with Crippen molar-refractivity contribution in [1.29, 1.82) is 5.26 Å². The van der Waals surface area contributed by atoms with Gasteiger partial charge in [-0.25, -0.2) is 0 Å². The Morgan fingerprint density at radius 2 is 2.32 bits per heavy atom. The lowest BCUT2D eigenvalue weighted by atomic mass is 9.62. The zero-order valence-electron chi connectivity index (χ0n) is 10.8. The maximum atomic E-state index is 11.1. The van der Waals surface area contributed by atoms with Gasteiger partial charge in [0.1, 0.15) is 11.0 Å². The van der Waals surface area contributed by atoms with Crippen LogP contribution in [0.25, 0.3) is 0 Å². The van der Waals surface area contributed by atoms with Gasteiger partial charge in [-0.3, -0.25) is 0 Å². The monoisotopic (exact) mass is 321 g/mol. The highest BCUT2D eigenvalue weighted by atomic mass is 79.9. The van der Waals surface area contributed by atoms with Gasteiger partial charge in [0.15, 0.2) is 0 Å². The predicted octanol–water partition coefficient (Wildman–Crippen LogP) is 3.12. The summed E-state index contributed by atoms with van der Waals surface area (Å²) in [6, 6.07) is 9.92. The van der Waals surface area contributed by atoms with Crippen molar-refractivity contribution in [3.8, 4) is 6.07 Å². The number of rotatable bonds is 2. The number of nitrogens with zero attached hydrogens (tertiary/aromatic N) is 1. The van der Waals surface area contributed by atoms with Crippen molar-refractivity contribution in [2.45, 2.75) is 44.0 Å². The van der Waals surface area contributed by atoms with Crippen LogP contribution in [0.2, 0.25) is 0 Å². The van der Waals surface area contributed by atoms with E-state index in [1.54, 1.807) is 6.92 Å². The zero-order chi connectivity index (χ0) is 13.7. The minimum absolute atomic E-state index is 0.128. The average Bonchev–Trinajstić information content (AvgIpc) is 2.99. The first-order valence-electron chi connectivity index (χ1n) is 6.55. The molecule has 4 unspecified atom stereocenters. The summed E-state index contributed by atoms with van der Waals surface area (Å²) in [4.78, 5) is 0. The molecule has 0 saturated carbocycles. The number of hydrogen-bond acceptors (Lipinski definition) is 3. The summed E-state index contributed by atoms with van der Waals surface area (Å²) >= 11 is 3.42. The van der Waals surface area contributed by atoms with E-state index in [2.05, 4.69) is 22.0 Å². The quantitative estimate of drug-likeness (QED) is 0.910. The van der Waals surface area contributed by atoms with E-state index >= 15 is 0 Å². The van der Waals surface area contributed by atoms with Crippen LogP contribution in [0.4, 0.5) is 0 Å². The van der Waals surface area contributed by atoms with Crippen LogP contribution in [0.15, 0.2) is 28.7 Å². The van der Waals surface area contributed by atoms with E-state index in [0.717, 1.165) is 22.9 Å². The predicted molar refractivity (Wildman–Crippen MR) is 74.3 cm³/mol. The highest BCUT2D eigenvalue weighted by Crippen LogP contribution is 2.56. The van der Waals surface area contributed by atoms with Gasteiger partial charge in [0.2, 0.25) is 0 Å². The van der Waals surface area contributed by atoms with E-state index in [-0.39, 0.29) is 12.2 Å². The molecule has 0 radical (unpaired) electrons. The Bertz CT molecular complexity index is 551. The summed E-state index contributed by atoms with van der Waals surface area (Å²) in [5.41, 5.74) is -1.28. The third-order valence-electron chi connectivity index (χ3n) is 4.66. The highest BCUT2D eigenvalue weighted by Gasteiger charge is 2.62. The molecule has 2 heterocycles. The standard InChI is InChI=1S/C15H16BrNO2/c1-14(18,10-3-2-4-11(16)7-10)15(9-17)8-12-5-6-13(15)19-12/h2-4,7,12-13,18H,5-6,8H2,1H3. The molecule has 4 heteroatoms. The van der Waals surface area contributed by atoms with Gasteiger partial charge in [0.25, 0.3) is 0 Å². The van der Waals surface area contributed by atoms with E-state index in [0.29, 0.717) is 6.42 Å². The van der Waals surface area contributed by atoms with Crippen molar-refractivity contribution in [3.63, 3.8) is 0 Å². The highest BCUT2D eigenvalue weighted by molar-refractivity contribution is 9.10. The molecular weight excluding hydrogens is 306 g/mol. The van der Waals surface area contributed by atoms with Crippen LogP contribution in [0.1, 0.15) is 31.7 Å². The lowest BCUT2D eigenvalue weighted by molar-refractivity contribution is -0.0773. The topological polar surface area (TPSA) is 53.2 Å². The summed E-state index contributed by atoms with van der Waals surface area (Å²) in [5.74, 6) is 0. The van der Waals surface area contributed by atoms with E-state index in [1.165, 1.54) is 0 Å². The summed E-state index contributed by atoms with van der Waals surface area (Å²) in [6.07, 6.45) is 2.46. The number of fused-ring (bicyclic) bond motifs is 2. The number of ether oxygens (including phenoxy) is 1. The van der Waals surface area contributed by atoms with Crippen LogP contribution in [0.5, 0.6) is 0 Å². The van der Waals surface area contributed by atoms with Gasteiger partial charge < -0.3 is 9.84 Å². The van der Waals surface area contributed by atoms with Gasteiger partial charge in [-0.05, 0) is 43.9 Å². The molecule has 2 saturated heterocycles. The Hall–Kier alpha value is -0.890. The summed E-state index contributed by atoms with van der Waals surface area (Å²) in [5, 5.41) is 20.8. The molecule has 0 amide bonds. The molecule has 4 atom stereocenters. The summed E-state index contributed by atoms with van der Waals surface area (Å²) in [6.45, 7) is 1.74. The molecule has 1 aromatic carbocycles. The Labute approximate surface area is 121 Å². The second kappa shape index (κ2) is 4.31. The van der Waals surface area contributed by atoms with Crippen molar-refractivity contribution < 1.29 is 9.84 Å². The van der Waals surface area contributed by atoms with Crippen LogP contribution >= 0.6 is 15.9 Å². The molecule has 0 aromatic heterocycles. The van der Waals surface area contributed by atoms with E-state index in [1.807, 2.05) is 24.3 Å². The molecule has 0 spiro atoms. The SMILES string of the molecule is CC(O)(c1cccc(Br)c1)C1(C#N)CC2CCC1O2. The van der Waals surface area contributed by atoms with Gasteiger partial charge in [0, 0.05) is 4.47 Å². The molecule has 1 aromatic rings.